The molecule has 1 aromatic carbocycles. The summed E-state index contributed by atoms with van der Waals surface area (Å²) in [7, 11) is 0. The number of halogens is 3. The van der Waals surface area contributed by atoms with Gasteiger partial charge >= 0.3 is 6.18 Å². The highest BCUT2D eigenvalue weighted by molar-refractivity contribution is 6.05. The van der Waals surface area contributed by atoms with Gasteiger partial charge in [0.05, 0.1) is 28.2 Å². The Hall–Kier alpha value is -4.58. The van der Waals surface area contributed by atoms with Crippen LogP contribution in [0.15, 0.2) is 67.3 Å². The van der Waals surface area contributed by atoms with E-state index in [9.17, 15) is 18.0 Å². The first-order chi connectivity index (χ1) is 19.7. The van der Waals surface area contributed by atoms with Crippen LogP contribution in [0.25, 0.3) is 11.3 Å². The number of nitrogens with one attached hydrogen (secondary N) is 2. The largest absolute Gasteiger partial charge is 0.416 e. The standard InChI is InChI=1S/C29H29F3N8O/c1-3-39-9-11-40(12-10-39)24-15-22(29(30,31)32)14-23(16-24)36-27(41)21-13-26(19(2)35-18-21)38-28-34-8-6-25(37-28)20-5-4-7-33-17-20/h4-8,13-18H,3,9-12H2,1-2H3,(H,36,41)(H,34,37,38). The molecule has 212 valence electrons. The van der Waals surface area contributed by atoms with Crippen LogP contribution in [0.5, 0.6) is 0 Å². The van der Waals surface area contributed by atoms with E-state index in [0.29, 0.717) is 41.8 Å². The summed E-state index contributed by atoms with van der Waals surface area (Å²) in [4.78, 5) is 34.5. The van der Waals surface area contributed by atoms with Gasteiger partial charge in [-0.15, -0.1) is 0 Å². The fraction of sp³-hybridized carbons (Fsp3) is 0.276. The molecule has 1 aliphatic heterocycles. The number of nitrogens with zero attached hydrogens (tertiary/aromatic N) is 6. The number of piperazine rings is 1. The third kappa shape index (κ3) is 6.77. The Morgan fingerprint density at radius 2 is 1.80 bits per heavy atom. The number of hydrogen-bond acceptors (Lipinski definition) is 8. The highest BCUT2D eigenvalue weighted by atomic mass is 19.4. The minimum atomic E-state index is -4.56. The minimum Gasteiger partial charge on any atom is -0.369 e. The van der Waals surface area contributed by atoms with Gasteiger partial charge < -0.3 is 20.4 Å². The Morgan fingerprint density at radius 1 is 1.00 bits per heavy atom. The molecule has 1 fully saturated rings. The number of likely N-dealkylation sites (N-methyl/N-ethyl adjacent to an activating group) is 1. The van der Waals surface area contributed by atoms with E-state index in [-0.39, 0.29) is 11.3 Å². The lowest BCUT2D eigenvalue weighted by Gasteiger charge is -2.36. The number of rotatable bonds is 7. The molecule has 1 amide bonds. The monoisotopic (exact) mass is 562 g/mol. The Balaban J connectivity index is 1.36. The van der Waals surface area contributed by atoms with Crippen LogP contribution in [0.3, 0.4) is 0 Å². The molecule has 0 bridgehead atoms. The van der Waals surface area contributed by atoms with Gasteiger partial charge in [0, 0.05) is 67.9 Å². The van der Waals surface area contributed by atoms with Crippen molar-refractivity contribution in [3.05, 3.63) is 84.1 Å². The predicted molar refractivity (Wildman–Crippen MR) is 151 cm³/mol. The molecular weight excluding hydrogens is 533 g/mol. The third-order valence-electron chi connectivity index (χ3n) is 6.90. The van der Waals surface area contributed by atoms with E-state index in [1.165, 1.54) is 6.20 Å². The Kier molecular flexibility index (Phi) is 8.11. The average molecular weight is 563 g/mol. The predicted octanol–water partition coefficient (Wildman–Crippen LogP) is 5.40. The van der Waals surface area contributed by atoms with Gasteiger partial charge in [-0.05, 0) is 55.9 Å². The smallest absolute Gasteiger partial charge is 0.369 e. The number of pyridine rings is 2. The summed E-state index contributed by atoms with van der Waals surface area (Å²) in [5.41, 5.74) is 2.36. The molecule has 1 aliphatic rings. The molecule has 12 heteroatoms. The average Bonchev–Trinajstić information content (AvgIpc) is 2.98. The molecule has 41 heavy (non-hydrogen) atoms. The van der Waals surface area contributed by atoms with Gasteiger partial charge in [-0.1, -0.05) is 6.92 Å². The maximum Gasteiger partial charge on any atom is 0.416 e. The fourth-order valence-electron chi connectivity index (χ4n) is 4.55. The third-order valence-corrected chi connectivity index (χ3v) is 6.90. The molecular formula is C29H29F3N8O. The van der Waals surface area contributed by atoms with Gasteiger partial charge in [-0.25, -0.2) is 9.97 Å². The van der Waals surface area contributed by atoms with E-state index in [2.05, 4.69) is 42.4 Å². The molecule has 0 aliphatic carbocycles. The van der Waals surface area contributed by atoms with Gasteiger partial charge in [0.25, 0.3) is 5.91 Å². The van der Waals surface area contributed by atoms with Gasteiger partial charge in [0.15, 0.2) is 0 Å². The van der Waals surface area contributed by atoms with Crippen LogP contribution in [0.4, 0.5) is 36.2 Å². The number of aromatic nitrogens is 4. The number of carbonyl (C=O) groups is 1. The van der Waals surface area contributed by atoms with Crippen molar-refractivity contribution in [2.24, 2.45) is 0 Å². The molecule has 0 radical (unpaired) electrons. The number of amides is 1. The van der Waals surface area contributed by atoms with Crippen molar-refractivity contribution in [2.45, 2.75) is 20.0 Å². The maximum atomic E-state index is 13.8. The highest BCUT2D eigenvalue weighted by Crippen LogP contribution is 2.35. The van der Waals surface area contributed by atoms with Crippen molar-refractivity contribution in [3.8, 4) is 11.3 Å². The van der Waals surface area contributed by atoms with Gasteiger partial charge in [0.2, 0.25) is 5.95 Å². The van der Waals surface area contributed by atoms with Gasteiger partial charge in [-0.2, -0.15) is 13.2 Å². The van der Waals surface area contributed by atoms with Crippen molar-refractivity contribution in [3.63, 3.8) is 0 Å². The van der Waals surface area contributed by atoms with E-state index in [1.54, 1.807) is 49.8 Å². The highest BCUT2D eigenvalue weighted by Gasteiger charge is 2.32. The lowest BCUT2D eigenvalue weighted by molar-refractivity contribution is -0.137. The SMILES string of the molecule is CCN1CCN(c2cc(NC(=O)c3cnc(C)c(Nc4nccc(-c5cccnc5)n4)c3)cc(C(F)(F)F)c2)CC1. The molecule has 0 spiro atoms. The van der Waals surface area contributed by atoms with Gasteiger partial charge in [-0.3, -0.25) is 14.8 Å². The first-order valence-electron chi connectivity index (χ1n) is 13.2. The molecule has 0 unspecified atom stereocenters. The Morgan fingerprint density at radius 3 is 2.51 bits per heavy atom. The quantitative estimate of drug-likeness (QED) is 0.309. The molecule has 0 atom stereocenters. The lowest BCUT2D eigenvalue weighted by atomic mass is 10.1. The van der Waals surface area contributed by atoms with Crippen molar-refractivity contribution in [1.82, 2.24) is 24.8 Å². The number of benzene rings is 1. The molecule has 4 aromatic rings. The van der Waals surface area contributed by atoms with Crippen LogP contribution in [0.2, 0.25) is 0 Å². The van der Waals surface area contributed by atoms with Crippen LogP contribution in [0.1, 0.15) is 28.5 Å². The van der Waals surface area contributed by atoms with Crippen LogP contribution < -0.4 is 15.5 Å². The Bertz CT molecular complexity index is 1520. The van der Waals surface area contributed by atoms with Crippen molar-refractivity contribution in [1.29, 1.82) is 0 Å². The molecule has 2 N–H and O–H groups in total. The number of carbonyl (C=O) groups excluding carboxylic acids is 1. The molecule has 3 aromatic heterocycles. The summed E-state index contributed by atoms with van der Waals surface area (Å²) in [5.74, 6) is -0.300. The van der Waals surface area contributed by atoms with Crippen LogP contribution in [0, 0.1) is 6.92 Å². The second-order valence-electron chi connectivity index (χ2n) is 9.63. The minimum absolute atomic E-state index is 0.0559. The molecule has 1 saturated heterocycles. The fourth-order valence-corrected chi connectivity index (χ4v) is 4.55. The maximum absolute atomic E-state index is 13.8. The van der Waals surface area contributed by atoms with Crippen LogP contribution in [-0.4, -0.2) is 63.5 Å². The number of anilines is 4. The Labute approximate surface area is 235 Å². The van der Waals surface area contributed by atoms with Crippen molar-refractivity contribution in [2.75, 3.05) is 48.3 Å². The van der Waals surface area contributed by atoms with E-state index < -0.39 is 17.6 Å². The zero-order valence-electron chi connectivity index (χ0n) is 22.6. The van der Waals surface area contributed by atoms with Crippen LogP contribution in [-0.2, 0) is 6.18 Å². The van der Waals surface area contributed by atoms with E-state index in [1.807, 2.05) is 11.0 Å². The second-order valence-corrected chi connectivity index (χ2v) is 9.63. The first-order valence-corrected chi connectivity index (χ1v) is 13.2. The zero-order chi connectivity index (χ0) is 29.0. The van der Waals surface area contributed by atoms with Crippen molar-refractivity contribution >= 4 is 28.9 Å². The van der Waals surface area contributed by atoms with Gasteiger partial charge in [0.1, 0.15) is 0 Å². The summed E-state index contributed by atoms with van der Waals surface area (Å²) < 4.78 is 41.3. The molecule has 9 nitrogen and oxygen atoms in total. The number of aryl methyl sites for hydroxylation is 1. The first kappa shape index (κ1) is 28.0. The summed E-state index contributed by atoms with van der Waals surface area (Å²) in [6.45, 7) is 7.42. The summed E-state index contributed by atoms with van der Waals surface area (Å²) in [5, 5.41) is 5.72. The number of hydrogen-bond donors (Lipinski definition) is 2. The van der Waals surface area contributed by atoms with E-state index in [0.717, 1.165) is 37.3 Å². The van der Waals surface area contributed by atoms with Crippen molar-refractivity contribution < 1.29 is 18.0 Å². The van der Waals surface area contributed by atoms with E-state index >= 15 is 0 Å². The van der Waals surface area contributed by atoms with E-state index in [4.69, 9.17) is 0 Å². The second kappa shape index (κ2) is 11.9. The molecule has 0 saturated carbocycles. The topological polar surface area (TPSA) is 99.2 Å². The number of alkyl halides is 3. The zero-order valence-corrected chi connectivity index (χ0v) is 22.6. The summed E-state index contributed by atoms with van der Waals surface area (Å²) in [6.07, 6.45) is 1.77. The summed E-state index contributed by atoms with van der Waals surface area (Å²) in [6, 6.07) is 10.7. The normalized spacial score (nSPS) is 14.1. The van der Waals surface area contributed by atoms with Crippen LogP contribution >= 0.6 is 0 Å². The molecule has 4 heterocycles. The molecule has 5 rings (SSSR count). The summed E-state index contributed by atoms with van der Waals surface area (Å²) >= 11 is 0. The lowest BCUT2D eigenvalue weighted by Crippen LogP contribution is -2.46.